The lowest BCUT2D eigenvalue weighted by atomic mass is 10.1. The number of aliphatic imine (C=N–C) groups is 1. The fourth-order valence-corrected chi connectivity index (χ4v) is 2.76. The molecule has 0 heterocycles. The average molecular weight is 522 g/mol. The van der Waals surface area contributed by atoms with Crippen LogP contribution in [0, 0.1) is 0 Å². The minimum atomic E-state index is -1.83. The lowest BCUT2D eigenvalue weighted by Gasteiger charge is -2.24. The van der Waals surface area contributed by atoms with Crippen LogP contribution in [0.3, 0.4) is 0 Å². The molecule has 0 aromatic rings. The first-order valence-corrected chi connectivity index (χ1v) is 10.9. The van der Waals surface area contributed by atoms with Crippen LogP contribution >= 0.6 is 12.6 Å². The van der Waals surface area contributed by atoms with Crippen LogP contribution in [0.15, 0.2) is 4.99 Å². The van der Waals surface area contributed by atoms with E-state index >= 15 is 0 Å². The van der Waals surface area contributed by atoms with E-state index in [1.807, 2.05) is 5.32 Å². The molecule has 16 nitrogen and oxygen atoms in total. The summed E-state index contributed by atoms with van der Waals surface area (Å²) in [6.45, 7) is 0.110. The van der Waals surface area contributed by atoms with Gasteiger partial charge in [0, 0.05) is 18.7 Å². The Morgan fingerprint density at radius 2 is 1.31 bits per heavy atom. The number of hydrogen-bond donors (Lipinski definition) is 10. The van der Waals surface area contributed by atoms with Crippen molar-refractivity contribution in [2.24, 2.45) is 22.2 Å². The van der Waals surface area contributed by atoms with Crippen LogP contribution < -0.4 is 33.2 Å². The van der Waals surface area contributed by atoms with Crippen LogP contribution in [-0.2, 0) is 28.8 Å². The number of nitrogens with zero attached hydrogens (tertiary/aromatic N) is 1. The molecule has 0 aliphatic heterocycles. The number of carboxylic acid groups (broad SMARTS) is 3. The number of rotatable bonds is 17. The maximum absolute atomic E-state index is 12.9. The van der Waals surface area contributed by atoms with Crippen LogP contribution in [0.1, 0.15) is 32.1 Å². The summed E-state index contributed by atoms with van der Waals surface area (Å²) in [5.74, 6) is -7.41. The zero-order valence-electron chi connectivity index (χ0n) is 18.7. The van der Waals surface area contributed by atoms with Gasteiger partial charge in [-0.05, 0) is 19.3 Å². The first-order chi connectivity index (χ1) is 16.3. The molecule has 12 N–H and O–H groups in total. The van der Waals surface area contributed by atoms with E-state index in [2.05, 4.69) is 28.3 Å². The quantitative estimate of drug-likeness (QED) is 0.0381. The minimum absolute atomic E-state index is 0.00230. The van der Waals surface area contributed by atoms with Crippen molar-refractivity contribution in [2.75, 3.05) is 12.3 Å². The number of amides is 3. The number of guanidine groups is 1. The van der Waals surface area contributed by atoms with Crippen molar-refractivity contribution < 1.29 is 44.1 Å². The molecule has 0 rings (SSSR count). The molecule has 0 bridgehead atoms. The van der Waals surface area contributed by atoms with E-state index in [0.29, 0.717) is 0 Å². The van der Waals surface area contributed by atoms with E-state index in [9.17, 15) is 28.8 Å². The lowest BCUT2D eigenvalue weighted by molar-refractivity contribution is -0.147. The number of carboxylic acids is 3. The molecule has 198 valence electrons. The highest BCUT2D eigenvalue weighted by Gasteiger charge is 2.31. The highest BCUT2D eigenvalue weighted by atomic mass is 32.1. The van der Waals surface area contributed by atoms with Gasteiger partial charge in [-0.3, -0.25) is 29.0 Å². The smallest absolute Gasteiger partial charge is 0.326 e. The van der Waals surface area contributed by atoms with E-state index < -0.39 is 79.1 Å². The first-order valence-electron chi connectivity index (χ1n) is 10.3. The van der Waals surface area contributed by atoms with E-state index in [1.54, 1.807) is 0 Å². The van der Waals surface area contributed by atoms with E-state index in [0.717, 1.165) is 0 Å². The van der Waals surface area contributed by atoms with Gasteiger partial charge < -0.3 is 48.5 Å². The summed E-state index contributed by atoms with van der Waals surface area (Å²) in [6, 6.07) is -5.67. The highest BCUT2D eigenvalue weighted by molar-refractivity contribution is 7.80. The van der Waals surface area contributed by atoms with Gasteiger partial charge in [0.05, 0.1) is 12.5 Å². The number of nitrogens with one attached hydrogen (secondary N) is 3. The van der Waals surface area contributed by atoms with Crippen molar-refractivity contribution in [1.29, 1.82) is 0 Å². The number of hydrogen-bond acceptors (Lipinski definition) is 9. The van der Waals surface area contributed by atoms with Crippen molar-refractivity contribution >= 4 is 54.2 Å². The molecule has 3 amide bonds. The summed E-state index contributed by atoms with van der Waals surface area (Å²) in [5, 5.41) is 33.5. The minimum Gasteiger partial charge on any atom is -0.481 e. The average Bonchev–Trinajstić information content (AvgIpc) is 2.76. The Kier molecular flexibility index (Phi) is 14.4. The maximum atomic E-state index is 12.9. The Morgan fingerprint density at radius 3 is 1.77 bits per heavy atom. The van der Waals surface area contributed by atoms with Gasteiger partial charge in [0.2, 0.25) is 17.7 Å². The summed E-state index contributed by atoms with van der Waals surface area (Å²) in [4.78, 5) is 74.5. The number of nitrogens with two attached hydrogens (primary N) is 3. The van der Waals surface area contributed by atoms with Crippen molar-refractivity contribution in [3.8, 4) is 0 Å². The van der Waals surface area contributed by atoms with Crippen LogP contribution in [0.4, 0.5) is 0 Å². The molecular formula is C18H31N7O9S. The monoisotopic (exact) mass is 521 g/mol. The summed E-state index contributed by atoms with van der Waals surface area (Å²) in [5.41, 5.74) is 16.1. The Balaban J connectivity index is 5.63. The van der Waals surface area contributed by atoms with Gasteiger partial charge in [0.25, 0.3) is 0 Å². The Bertz CT molecular complexity index is 820. The molecule has 0 fully saturated rings. The van der Waals surface area contributed by atoms with Crippen LogP contribution in [0.25, 0.3) is 0 Å². The molecule has 4 atom stereocenters. The van der Waals surface area contributed by atoms with Crippen LogP contribution in [0.2, 0.25) is 0 Å². The maximum Gasteiger partial charge on any atom is 0.326 e. The molecule has 35 heavy (non-hydrogen) atoms. The van der Waals surface area contributed by atoms with E-state index in [1.165, 1.54) is 0 Å². The Morgan fingerprint density at radius 1 is 0.800 bits per heavy atom. The second-order valence-electron chi connectivity index (χ2n) is 7.29. The van der Waals surface area contributed by atoms with Crippen molar-refractivity contribution in [2.45, 2.75) is 56.3 Å². The van der Waals surface area contributed by atoms with Gasteiger partial charge in [0.15, 0.2) is 5.96 Å². The molecule has 4 unspecified atom stereocenters. The molecule has 0 saturated carbocycles. The second kappa shape index (κ2) is 16.1. The zero-order chi connectivity index (χ0) is 27.1. The number of thiol groups is 1. The van der Waals surface area contributed by atoms with Gasteiger partial charge in [-0.1, -0.05) is 0 Å². The van der Waals surface area contributed by atoms with Crippen molar-refractivity contribution in [3.63, 3.8) is 0 Å². The van der Waals surface area contributed by atoms with Gasteiger partial charge in [-0.15, -0.1) is 0 Å². The third-order valence-electron chi connectivity index (χ3n) is 4.38. The fourth-order valence-electron chi connectivity index (χ4n) is 2.59. The summed E-state index contributed by atoms with van der Waals surface area (Å²) < 4.78 is 0. The Hall–Kier alpha value is -3.60. The number of aliphatic carboxylic acids is 3. The summed E-state index contributed by atoms with van der Waals surface area (Å²) >= 11 is 3.91. The number of carbonyl (C=O) groups is 6. The molecule has 0 radical (unpaired) electrons. The standard InChI is InChI=1S/C18H31N7O9S/c19-8(7-35)14(30)23-9(2-1-5-22-18(20)21)15(31)24-10(3-4-12(26)27)16(32)25-11(17(33)34)6-13(28)29/h8-11,35H,1-7,19H2,(H,23,30)(H,24,31)(H,25,32)(H,26,27)(H,28,29)(H,33,34)(H4,20,21,22). The van der Waals surface area contributed by atoms with Crippen LogP contribution in [-0.4, -0.2) is 93.4 Å². The summed E-state index contributed by atoms with van der Waals surface area (Å²) in [7, 11) is 0. The molecule has 0 saturated heterocycles. The second-order valence-corrected chi connectivity index (χ2v) is 7.66. The molecular weight excluding hydrogens is 490 g/mol. The largest absolute Gasteiger partial charge is 0.481 e. The van der Waals surface area contributed by atoms with Crippen LogP contribution in [0.5, 0.6) is 0 Å². The van der Waals surface area contributed by atoms with Gasteiger partial charge in [0.1, 0.15) is 18.1 Å². The molecule has 0 aromatic carbocycles. The third-order valence-corrected chi connectivity index (χ3v) is 4.78. The first kappa shape index (κ1) is 31.4. The summed E-state index contributed by atoms with van der Waals surface area (Å²) in [6.07, 6.45) is -1.76. The topological polar surface area (TPSA) is 290 Å². The van der Waals surface area contributed by atoms with E-state index in [-0.39, 0.29) is 31.1 Å². The third kappa shape index (κ3) is 13.6. The van der Waals surface area contributed by atoms with Gasteiger partial charge >= 0.3 is 17.9 Å². The predicted octanol–water partition coefficient (Wildman–Crippen LogP) is -3.82. The van der Waals surface area contributed by atoms with Gasteiger partial charge in [-0.2, -0.15) is 12.6 Å². The lowest BCUT2D eigenvalue weighted by Crippen LogP contribution is -2.57. The molecule has 0 aliphatic rings. The van der Waals surface area contributed by atoms with Crippen molar-refractivity contribution in [3.05, 3.63) is 0 Å². The molecule has 17 heteroatoms. The van der Waals surface area contributed by atoms with Crippen molar-refractivity contribution in [1.82, 2.24) is 16.0 Å². The highest BCUT2D eigenvalue weighted by Crippen LogP contribution is 2.05. The van der Waals surface area contributed by atoms with E-state index in [4.69, 9.17) is 32.5 Å². The SMILES string of the molecule is NC(N)=NCCCC(NC(=O)C(N)CS)C(=O)NC(CCC(=O)O)C(=O)NC(CC(=O)O)C(=O)O. The molecule has 0 aliphatic carbocycles. The zero-order valence-corrected chi connectivity index (χ0v) is 19.6. The Labute approximate surface area is 205 Å². The van der Waals surface area contributed by atoms with Gasteiger partial charge in [-0.25, -0.2) is 4.79 Å². The normalized spacial score (nSPS) is 13.9. The fraction of sp³-hybridized carbons (Fsp3) is 0.611. The molecule has 0 spiro atoms. The predicted molar refractivity (Wildman–Crippen MR) is 124 cm³/mol. The molecule has 0 aromatic heterocycles. The number of carbonyl (C=O) groups excluding carboxylic acids is 3.